The van der Waals surface area contributed by atoms with Gasteiger partial charge in [0.25, 0.3) is 5.91 Å². The van der Waals surface area contributed by atoms with Crippen molar-refractivity contribution >= 4 is 11.9 Å². The summed E-state index contributed by atoms with van der Waals surface area (Å²) in [5.41, 5.74) is 2.08. The van der Waals surface area contributed by atoms with Crippen LogP contribution < -0.4 is 0 Å². The summed E-state index contributed by atoms with van der Waals surface area (Å²) < 4.78 is 1.80. The standard InChI is InChI=1S/C25H28N6O2/c1-28-16-21(15-27-28)17-29-13-10-25(11-14-29)23(32)30(19-22-9-5-6-12-26-22)24(33)31(25)18-20-7-3-2-4-8-20/h2-9,12,15-16H,10-11,13-14,17-19H2,1H3. The number of imide groups is 1. The Bertz CT molecular complexity index is 1120. The molecule has 33 heavy (non-hydrogen) atoms. The van der Waals surface area contributed by atoms with Crippen molar-refractivity contribution in [2.75, 3.05) is 13.1 Å². The van der Waals surface area contributed by atoms with E-state index in [4.69, 9.17) is 0 Å². The number of aromatic nitrogens is 3. The highest BCUT2D eigenvalue weighted by molar-refractivity contribution is 6.07. The van der Waals surface area contributed by atoms with Gasteiger partial charge in [0.2, 0.25) is 0 Å². The average molecular weight is 445 g/mol. The largest absolute Gasteiger partial charge is 0.328 e. The van der Waals surface area contributed by atoms with Gasteiger partial charge in [0.1, 0.15) is 5.54 Å². The molecule has 4 heterocycles. The number of rotatable bonds is 6. The zero-order valence-electron chi connectivity index (χ0n) is 18.8. The van der Waals surface area contributed by atoms with Crippen LogP contribution in [0.15, 0.2) is 67.1 Å². The number of amides is 3. The highest BCUT2D eigenvalue weighted by Crippen LogP contribution is 2.39. The number of nitrogens with zero attached hydrogens (tertiary/aromatic N) is 6. The Labute approximate surface area is 193 Å². The van der Waals surface area contributed by atoms with E-state index in [2.05, 4.69) is 15.0 Å². The van der Waals surface area contributed by atoms with E-state index in [1.165, 1.54) is 4.90 Å². The minimum Gasteiger partial charge on any atom is -0.305 e. The molecule has 0 aliphatic carbocycles. The summed E-state index contributed by atoms with van der Waals surface area (Å²) in [5.74, 6) is -0.102. The quantitative estimate of drug-likeness (QED) is 0.547. The van der Waals surface area contributed by atoms with E-state index >= 15 is 0 Å². The third-order valence-electron chi connectivity index (χ3n) is 6.70. The molecule has 2 aliphatic rings. The van der Waals surface area contributed by atoms with E-state index in [0.29, 0.717) is 25.1 Å². The number of pyridine rings is 1. The summed E-state index contributed by atoms with van der Waals surface area (Å²) in [6.45, 7) is 2.91. The second-order valence-electron chi connectivity index (χ2n) is 8.90. The van der Waals surface area contributed by atoms with Crippen LogP contribution in [0.2, 0.25) is 0 Å². The molecule has 8 heteroatoms. The van der Waals surface area contributed by atoms with Gasteiger partial charge in [-0.25, -0.2) is 4.79 Å². The number of hydrogen-bond acceptors (Lipinski definition) is 5. The van der Waals surface area contributed by atoms with Crippen LogP contribution in [0.25, 0.3) is 0 Å². The molecule has 0 radical (unpaired) electrons. The maximum atomic E-state index is 13.8. The summed E-state index contributed by atoms with van der Waals surface area (Å²) in [4.78, 5) is 37.2. The highest BCUT2D eigenvalue weighted by atomic mass is 16.2. The third-order valence-corrected chi connectivity index (χ3v) is 6.70. The van der Waals surface area contributed by atoms with Crippen LogP contribution in [0.4, 0.5) is 4.79 Å². The summed E-state index contributed by atoms with van der Waals surface area (Å²) >= 11 is 0. The van der Waals surface area contributed by atoms with E-state index in [1.807, 2.05) is 68.0 Å². The van der Waals surface area contributed by atoms with Crippen molar-refractivity contribution in [2.24, 2.45) is 7.05 Å². The van der Waals surface area contributed by atoms with Crippen LogP contribution in [0.3, 0.4) is 0 Å². The van der Waals surface area contributed by atoms with Crippen molar-refractivity contribution in [3.8, 4) is 0 Å². The molecule has 2 aliphatic heterocycles. The minimum atomic E-state index is -0.812. The van der Waals surface area contributed by atoms with Gasteiger partial charge < -0.3 is 4.90 Å². The molecule has 0 unspecified atom stereocenters. The molecule has 2 saturated heterocycles. The fourth-order valence-corrected chi connectivity index (χ4v) is 4.94. The van der Waals surface area contributed by atoms with Crippen LogP contribution >= 0.6 is 0 Å². The Balaban J connectivity index is 1.39. The van der Waals surface area contributed by atoms with E-state index in [-0.39, 0.29) is 18.5 Å². The molecule has 1 aromatic carbocycles. The number of carbonyl (C=O) groups excluding carboxylic acids is 2. The number of likely N-dealkylation sites (tertiary alicyclic amines) is 1. The third kappa shape index (κ3) is 4.14. The first-order valence-electron chi connectivity index (χ1n) is 11.3. The van der Waals surface area contributed by atoms with E-state index in [9.17, 15) is 9.59 Å². The van der Waals surface area contributed by atoms with Gasteiger partial charge in [-0.05, 0) is 30.5 Å². The summed E-state index contributed by atoms with van der Waals surface area (Å²) in [6.07, 6.45) is 6.82. The Morgan fingerprint density at radius 2 is 1.67 bits per heavy atom. The number of hydrogen-bond donors (Lipinski definition) is 0. The molecule has 1 spiro atoms. The summed E-state index contributed by atoms with van der Waals surface area (Å²) in [5, 5.41) is 4.25. The first kappa shape index (κ1) is 21.3. The molecular weight excluding hydrogens is 416 g/mol. The molecule has 5 rings (SSSR count). The maximum absolute atomic E-state index is 13.8. The van der Waals surface area contributed by atoms with Crippen molar-refractivity contribution in [3.05, 3.63) is 83.9 Å². The average Bonchev–Trinajstić information content (AvgIpc) is 3.33. The van der Waals surface area contributed by atoms with Crippen molar-refractivity contribution in [1.82, 2.24) is 29.5 Å². The first-order chi connectivity index (χ1) is 16.0. The Morgan fingerprint density at radius 1 is 0.909 bits per heavy atom. The van der Waals surface area contributed by atoms with Gasteiger partial charge in [-0.2, -0.15) is 5.10 Å². The predicted octanol–water partition coefficient (Wildman–Crippen LogP) is 2.81. The molecule has 2 fully saturated rings. The van der Waals surface area contributed by atoms with E-state index in [0.717, 1.165) is 30.8 Å². The lowest BCUT2D eigenvalue weighted by molar-refractivity contribution is -0.136. The van der Waals surface area contributed by atoms with Gasteiger partial charge in [0.15, 0.2) is 0 Å². The van der Waals surface area contributed by atoms with E-state index < -0.39 is 5.54 Å². The molecule has 0 saturated carbocycles. The lowest BCUT2D eigenvalue weighted by atomic mass is 9.85. The number of benzene rings is 1. The van der Waals surface area contributed by atoms with Gasteiger partial charge in [-0.15, -0.1) is 0 Å². The fourth-order valence-electron chi connectivity index (χ4n) is 4.94. The fraction of sp³-hybridized carbons (Fsp3) is 0.360. The normalized spacial score (nSPS) is 18.5. The monoisotopic (exact) mass is 444 g/mol. The Morgan fingerprint density at radius 3 is 2.33 bits per heavy atom. The Hall–Kier alpha value is -3.52. The molecule has 3 aromatic rings. The molecule has 0 bridgehead atoms. The van der Waals surface area contributed by atoms with Gasteiger partial charge >= 0.3 is 6.03 Å². The minimum absolute atomic E-state index is 0.102. The maximum Gasteiger partial charge on any atom is 0.328 e. The molecule has 2 aromatic heterocycles. The summed E-state index contributed by atoms with van der Waals surface area (Å²) in [6, 6.07) is 15.2. The number of urea groups is 1. The first-order valence-corrected chi connectivity index (χ1v) is 11.3. The SMILES string of the molecule is Cn1cc(CN2CCC3(CC2)C(=O)N(Cc2ccccn2)C(=O)N3Cc2ccccc2)cn1. The molecule has 0 N–H and O–H groups in total. The van der Waals surface area contributed by atoms with Crippen molar-refractivity contribution in [2.45, 2.75) is 38.0 Å². The van der Waals surface area contributed by atoms with Crippen LogP contribution in [0.1, 0.15) is 29.7 Å². The number of carbonyl (C=O) groups is 2. The molecule has 170 valence electrons. The molecule has 0 atom stereocenters. The van der Waals surface area contributed by atoms with Crippen molar-refractivity contribution < 1.29 is 9.59 Å². The predicted molar refractivity (Wildman–Crippen MR) is 123 cm³/mol. The molecular formula is C25H28N6O2. The number of piperidine rings is 1. The van der Waals surface area contributed by atoms with E-state index in [1.54, 1.807) is 15.8 Å². The van der Waals surface area contributed by atoms with Crippen molar-refractivity contribution in [1.29, 1.82) is 0 Å². The molecule has 3 amide bonds. The second kappa shape index (κ2) is 8.78. The lowest BCUT2D eigenvalue weighted by Gasteiger charge is -2.42. The zero-order valence-corrected chi connectivity index (χ0v) is 18.8. The van der Waals surface area contributed by atoms with Gasteiger partial charge in [-0.3, -0.25) is 24.3 Å². The highest BCUT2D eigenvalue weighted by Gasteiger charge is 2.57. The number of aryl methyl sites for hydroxylation is 1. The Kier molecular flexibility index (Phi) is 5.68. The van der Waals surface area contributed by atoms with Gasteiger partial charge in [0.05, 0.1) is 18.4 Å². The van der Waals surface area contributed by atoms with Crippen LogP contribution in [-0.2, 0) is 31.5 Å². The van der Waals surface area contributed by atoms with Gasteiger partial charge in [0, 0.05) is 51.2 Å². The lowest BCUT2D eigenvalue weighted by Crippen LogP contribution is -2.56. The van der Waals surface area contributed by atoms with Crippen LogP contribution in [0, 0.1) is 0 Å². The summed E-state index contributed by atoms with van der Waals surface area (Å²) in [7, 11) is 1.91. The van der Waals surface area contributed by atoms with Crippen molar-refractivity contribution in [3.63, 3.8) is 0 Å². The smallest absolute Gasteiger partial charge is 0.305 e. The van der Waals surface area contributed by atoms with Gasteiger partial charge in [-0.1, -0.05) is 36.4 Å². The second-order valence-corrected chi connectivity index (χ2v) is 8.90. The molecule has 8 nitrogen and oxygen atoms in total. The van der Waals surface area contributed by atoms with Crippen LogP contribution in [0.5, 0.6) is 0 Å². The van der Waals surface area contributed by atoms with Crippen LogP contribution in [-0.4, -0.2) is 60.0 Å². The zero-order chi connectivity index (χ0) is 22.8. The topological polar surface area (TPSA) is 74.6 Å².